The molecule has 0 aliphatic heterocycles. The van der Waals surface area contributed by atoms with Gasteiger partial charge in [-0.1, -0.05) is 12.2 Å². The molecule has 0 aromatic rings. The fraction of sp³-hybridized carbons (Fsp3) is 0.400. The van der Waals surface area contributed by atoms with Crippen molar-refractivity contribution in [1.29, 1.82) is 5.26 Å². The molecule has 0 saturated heterocycles. The maximum atomic E-state index is 10.8. The average Bonchev–Trinajstić information content (AvgIpc) is 2.18. The van der Waals surface area contributed by atoms with Crippen molar-refractivity contribution in [2.75, 3.05) is 5.88 Å². The van der Waals surface area contributed by atoms with Crippen molar-refractivity contribution < 1.29 is 4.79 Å². The van der Waals surface area contributed by atoms with Gasteiger partial charge in [-0.3, -0.25) is 4.79 Å². The van der Waals surface area contributed by atoms with Crippen LogP contribution in [0.5, 0.6) is 0 Å². The third-order valence-electron chi connectivity index (χ3n) is 2.02. The molecule has 0 fully saturated rings. The fourth-order valence-corrected chi connectivity index (χ4v) is 1.36. The molecule has 0 unspecified atom stereocenters. The van der Waals surface area contributed by atoms with Gasteiger partial charge in [-0.2, -0.15) is 5.26 Å². The summed E-state index contributed by atoms with van der Waals surface area (Å²) in [5.74, 6) is 0.482. The SMILES string of the molecule is N#CC1(CCCCl)C=CC(=O)C=C1. The van der Waals surface area contributed by atoms with Crippen LogP contribution in [0, 0.1) is 16.7 Å². The zero-order valence-electron chi connectivity index (χ0n) is 7.16. The molecule has 0 heterocycles. The Labute approximate surface area is 82.5 Å². The van der Waals surface area contributed by atoms with Gasteiger partial charge in [-0.15, -0.1) is 11.6 Å². The van der Waals surface area contributed by atoms with Gasteiger partial charge in [0.25, 0.3) is 0 Å². The highest BCUT2D eigenvalue weighted by Crippen LogP contribution is 2.29. The molecule has 1 aliphatic rings. The number of hydrogen-bond donors (Lipinski definition) is 0. The van der Waals surface area contributed by atoms with Crippen molar-refractivity contribution in [1.82, 2.24) is 0 Å². The van der Waals surface area contributed by atoms with Crippen LogP contribution >= 0.6 is 11.6 Å². The molecule has 0 saturated carbocycles. The Bertz CT molecular complexity index is 283. The van der Waals surface area contributed by atoms with Crippen molar-refractivity contribution in [3.63, 3.8) is 0 Å². The van der Waals surface area contributed by atoms with Crippen molar-refractivity contribution in [3.05, 3.63) is 24.3 Å². The minimum Gasteiger partial charge on any atom is -0.290 e. The lowest BCUT2D eigenvalue weighted by Crippen LogP contribution is -2.16. The van der Waals surface area contributed by atoms with Gasteiger partial charge in [-0.05, 0) is 25.0 Å². The predicted octanol–water partition coefficient (Wildman–Crippen LogP) is 2.21. The van der Waals surface area contributed by atoms with Crippen molar-refractivity contribution in [2.24, 2.45) is 5.41 Å². The van der Waals surface area contributed by atoms with Crippen LogP contribution in [0.3, 0.4) is 0 Å². The fourth-order valence-electron chi connectivity index (χ4n) is 1.23. The molecular formula is C10H10ClNO. The van der Waals surface area contributed by atoms with Crippen LogP contribution in [0.15, 0.2) is 24.3 Å². The first-order valence-electron chi connectivity index (χ1n) is 4.12. The highest BCUT2D eigenvalue weighted by atomic mass is 35.5. The lowest BCUT2D eigenvalue weighted by atomic mass is 9.81. The molecule has 1 rings (SSSR count). The normalized spacial score (nSPS) is 18.6. The highest BCUT2D eigenvalue weighted by Gasteiger charge is 2.25. The predicted molar refractivity (Wildman–Crippen MR) is 51.3 cm³/mol. The number of nitrogens with zero attached hydrogens (tertiary/aromatic N) is 1. The lowest BCUT2D eigenvalue weighted by Gasteiger charge is -2.19. The topological polar surface area (TPSA) is 40.9 Å². The molecule has 0 radical (unpaired) electrons. The number of carbonyl (C=O) groups excluding carboxylic acids is 1. The molecule has 3 heteroatoms. The van der Waals surface area contributed by atoms with Gasteiger partial charge in [0.05, 0.1) is 11.5 Å². The molecular weight excluding hydrogens is 186 g/mol. The summed E-state index contributed by atoms with van der Waals surface area (Å²) < 4.78 is 0. The molecule has 0 bridgehead atoms. The monoisotopic (exact) mass is 195 g/mol. The van der Waals surface area contributed by atoms with Gasteiger partial charge >= 0.3 is 0 Å². The van der Waals surface area contributed by atoms with Crippen LogP contribution in [-0.4, -0.2) is 11.7 Å². The van der Waals surface area contributed by atoms with E-state index in [4.69, 9.17) is 16.9 Å². The standard InChI is InChI=1S/C10H10ClNO/c11-7-1-4-10(8-12)5-2-9(13)3-6-10/h2-3,5-6H,1,4,7H2. The van der Waals surface area contributed by atoms with Gasteiger partial charge in [-0.25, -0.2) is 0 Å². The van der Waals surface area contributed by atoms with Gasteiger partial charge in [0.2, 0.25) is 0 Å². The van der Waals surface area contributed by atoms with Crippen LogP contribution in [-0.2, 0) is 4.79 Å². The first-order valence-corrected chi connectivity index (χ1v) is 4.65. The molecule has 13 heavy (non-hydrogen) atoms. The summed E-state index contributed by atoms with van der Waals surface area (Å²) >= 11 is 5.54. The first-order chi connectivity index (χ1) is 6.22. The second-order valence-electron chi connectivity index (χ2n) is 3.01. The summed E-state index contributed by atoms with van der Waals surface area (Å²) in [7, 11) is 0. The van der Waals surface area contributed by atoms with Crippen LogP contribution in [0.25, 0.3) is 0 Å². The summed E-state index contributed by atoms with van der Waals surface area (Å²) in [5.41, 5.74) is -0.608. The second-order valence-corrected chi connectivity index (χ2v) is 3.39. The number of nitriles is 1. The third kappa shape index (κ3) is 2.43. The number of carbonyl (C=O) groups is 1. The van der Waals surface area contributed by atoms with E-state index in [1.807, 2.05) is 0 Å². The van der Waals surface area contributed by atoms with Gasteiger partial charge in [0.1, 0.15) is 0 Å². The summed E-state index contributed by atoms with van der Waals surface area (Å²) in [6.45, 7) is 0. The van der Waals surface area contributed by atoms with Crippen molar-refractivity contribution in [3.8, 4) is 6.07 Å². The Morgan fingerprint density at radius 2 is 2.08 bits per heavy atom. The first kappa shape index (κ1) is 10.0. The summed E-state index contributed by atoms with van der Waals surface area (Å²) in [6.07, 6.45) is 7.64. The van der Waals surface area contributed by atoms with E-state index in [1.54, 1.807) is 12.2 Å². The molecule has 0 amide bonds. The van der Waals surface area contributed by atoms with Gasteiger partial charge in [0, 0.05) is 5.88 Å². The quantitative estimate of drug-likeness (QED) is 0.648. The Morgan fingerprint density at radius 3 is 2.54 bits per heavy atom. The van der Waals surface area contributed by atoms with E-state index in [0.29, 0.717) is 12.3 Å². The van der Waals surface area contributed by atoms with E-state index in [1.165, 1.54) is 12.2 Å². The third-order valence-corrected chi connectivity index (χ3v) is 2.29. The Hall–Kier alpha value is -1.07. The van der Waals surface area contributed by atoms with Crippen LogP contribution in [0.1, 0.15) is 12.8 Å². The van der Waals surface area contributed by atoms with Crippen LogP contribution in [0.2, 0.25) is 0 Å². The van der Waals surface area contributed by atoms with E-state index in [2.05, 4.69) is 6.07 Å². The number of allylic oxidation sites excluding steroid dienone is 4. The van der Waals surface area contributed by atoms with Gasteiger partial charge in [0.15, 0.2) is 5.78 Å². The smallest absolute Gasteiger partial charge is 0.178 e. The van der Waals surface area contributed by atoms with Gasteiger partial charge < -0.3 is 0 Å². The van der Waals surface area contributed by atoms with E-state index in [9.17, 15) is 4.79 Å². The van der Waals surface area contributed by atoms with Crippen molar-refractivity contribution in [2.45, 2.75) is 12.8 Å². The zero-order chi connectivity index (χ0) is 9.73. The molecule has 2 nitrogen and oxygen atoms in total. The lowest BCUT2D eigenvalue weighted by molar-refractivity contribution is -0.110. The Kier molecular flexibility index (Phi) is 3.27. The maximum absolute atomic E-state index is 10.8. The van der Waals surface area contributed by atoms with E-state index >= 15 is 0 Å². The summed E-state index contributed by atoms with van der Waals surface area (Å²) in [6, 6.07) is 2.19. The van der Waals surface area contributed by atoms with Crippen molar-refractivity contribution >= 4 is 17.4 Å². The molecule has 1 aliphatic carbocycles. The molecule has 68 valence electrons. The zero-order valence-corrected chi connectivity index (χ0v) is 7.92. The Balaban J connectivity index is 2.73. The maximum Gasteiger partial charge on any atom is 0.178 e. The number of rotatable bonds is 3. The van der Waals surface area contributed by atoms with Crippen LogP contribution in [0.4, 0.5) is 0 Å². The molecule has 0 atom stereocenters. The molecule has 0 N–H and O–H groups in total. The molecule has 0 spiro atoms. The number of halogens is 1. The summed E-state index contributed by atoms with van der Waals surface area (Å²) in [4.78, 5) is 10.8. The number of alkyl halides is 1. The summed E-state index contributed by atoms with van der Waals surface area (Å²) in [5, 5.41) is 8.95. The molecule has 0 aromatic carbocycles. The van der Waals surface area contributed by atoms with Crippen LogP contribution < -0.4 is 0 Å². The second kappa shape index (κ2) is 4.25. The van der Waals surface area contributed by atoms with E-state index in [0.717, 1.165) is 6.42 Å². The Morgan fingerprint density at radius 1 is 1.46 bits per heavy atom. The highest BCUT2D eigenvalue weighted by molar-refractivity contribution is 6.17. The van der Waals surface area contributed by atoms with E-state index < -0.39 is 5.41 Å². The number of ketones is 1. The minimum absolute atomic E-state index is 0.0586. The van der Waals surface area contributed by atoms with E-state index in [-0.39, 0.29) is 5.78 Å². The minimum atomic E-state index is -0.608. The molecule has 0 aromatic heterocycles. The average molecular weight is 196 g/mol. The number of hydrogen-bond acceptors (Lipinski definition) is 2. The largest absolute Gasteiger partial charge is 0.290 e.